The molecule has 3 aromatic rings. The molecule has 0 amide bonds. The molecule has 8 heteroatoms. The predicted octanol–water partition coefficient (Wildman–Crippen LogP) is 3.93. The molecule has 0 unspecified atom stereocenters. The van der Waals surface area contributed by atoms with Gasteiger partial charge in [0.1, 0.15) is 0 Å². The van der Waals surface area contributed by atoms with Crippen LogP contribution in [0.15, 0.2) is 53.5 Å². The Labute approximate surface area is 159 Å². The summed E-state index contributed by atoms with van der Waals surface area (Å²) < 4.78 is 1.76. The van der Waals surface area contributed by atoms with Crippen molar-refractivity contribution in [1.82, 2.24) is 19.7 Å². The molecule has 3 heterocycles. The fourth-order valence-electron chi connectivity index (χ4n) is 2.90. The molecule has 1 aliphatic rings. The summed E-state index contributed by atoms with van der Waals surface area (Å²) in [4.78, 5) is 8.46. The first kappa shape index (κ1) is 17.2. The van der Waals surface area contributed by atoms with Gasteiger partial charge in [-0.3, -0.25) is 0 Å². The highest BCUT2D eigenvalue weighted by atomic mass is 32.2. The standard InChI is InChI=1S/C19H16N5O2S/c1-12-10-13(2)23(22-12)19-20-16(11-15-8-9-17(27-15)24(25)26)18(21-19)14-6-4-3-5-7-14/h3-11H,1-2H3,(H-,20,21,25,26)/q-1. The van der Waals surface area contributed by atoms with Gasteiger partial charge in [0, 0.05) is 22.2 Å². The zero-order valence-corrected chi connectivity index (χ0v) is 15.5. The maximum Gasteiger partial charge on any atom is 0.262 e. The van der Waals surface area contributed by atoms with Gasteiger partial charge in [0.2, 0.25) is 5.95 Å². The van der Waals surface area contributed by atoms with Gasteiger partial charge in [0.15, 0.2) is 0 Å². The number of benzene rings is 1. The molecule has 27 heavy (non-hydrogen) atoms. The van der Waals surface area contributed by atoms with Crippen molar-refractivity contribution in [3.63, 3.8) is 0 Å². The maximum absolute atomic E-state index is 11.0. The number of aromatic nitrogens is 4. The summed E-state index contributed by atoms with van der Waals surface area (Å²) in [6, 6.07) is 11.8. The number of aromatic amines is 1. The topological polar surface area (TPSA) is 95.6 Å². The van der Waals surface area contributed by atoms with Crippen LogP contribution in [0.3, 0.4) is 0 Å². The largest absolute Gasteiger partial charge is 0.612 e. The number of rotatable bonds is 3. The highest BCUT2D eigenvalue weighted by molar-refractivity contribution is 8.18. The summed E-state index contributed by atoms with van der Waals surface area (Å²) in [5, 5.41) is 26.5. The first-order chi connectivity index (χ1) is 13.0. The second kappa shape index (κ2) is 6.81. The Bertz CT molecular complexity index is 1090. The molecular formula is C19H16N5O2S-. The number of hydrogen-bond acceptors (Lipinski definition) is 5. The van der Waals surface area contributed by atoms with Crippen LogP contribution in [0, 0.1) is 24.3 Å². The lowest BCUT2D eigenvalue weighted by molar-refractivity contribution is -0.374. The number of aryl methyl sites for hydroxylation is 2. The average molecular weight is 378 g/mol. The lowest BCUT2D eigenvalue weighted by Gasteiger charge is -2.04. The van der Waals surface area contributed by atoms with E-state index in [0.717, 1.165) is 45.0 Å². The molecule has 0 aliphatic carbocycles. The van der Waals surface area contributed by atoms with E-state index in [1.807, 2.05) is 56.3 Å². The van der Waals surface area contributed by atoms with E-state index in [4.69, 9.17) is 4.98 Å². The Kier molecular flexibility index (Phi) is 4.33. The monoisotopic (exact) mass is 378 g/mol. The van der Waals surface area contributed by atoms with Gasteiger partial charge in [0.05, 0.1) is 17.1 Å². The van der Waals surface area contributed by atoms with Crippen molar-refractivity contribution >= 4 is 22.9 Å². The Balaban J connectivity index is 1.82. The van der Waals surface area contributed by atoms with E-state index >= 15 is 0 Å². The number of allylic oxidation sites excluding steroid dienone is 1. The lowest BCUT2D eigenvalue weighted by atomic mass is 10.1. The number of imidazole rings is 1. The normalized spacial score (nSPS) is 15.0. The molecular weight excluding hydrogens is 362 g/mol. The fourth-order valence-corrected chi connectivity index (χ4v) is 3.66. The fraction of sp³-hybridized carbons (Fsp3) is 0.105. The Morgan fingerprint density at radius 2 is 1.93 bits per heavy atom. The number of hydrogen-bond donors (Lipinski definition) is 1. The quantitative estimate of drug-likeness (QED) is 0.550. The third-order valence-corrected chi connectivity index (χ3v) is 5.04. The maximum atomic E-state index is 11.0. The Morgan fingerprint density at radius 1 is 1.15 bits per heavy atom. The van der Waals surface area contributed by atoms with Crippen molar-refractivity contribution in [2.75, 3.05) is 0 Å². The summed E-state index contributed by atoms with van der Waals surface area (Å²) in [5.41, 5.74) is 4.39. The summed E-state index contributed by atoms with van der Waals surface area (Å²) in [6.07, 6.45) is 5.13. The van der Waals surface area contributed by atoms with Gasteiger partial charge >= 0.3 is 0 Å². The molecule has 136 valence electrons. The predicted molar refractivity (Wildman–Crippen MR) is 107 cm³/mol. The third-order valence-electron chi connectivity index (χ3n) is 4.06. The van der Waals surface area contributed by atoms with Gasteiger partial charge in [0.25, 0.3) is 5.04 Å². The summed E-state index contributed by atoms with van der Waals surface area (Å²) in [7, 11) is 0. The second-order valence-corrected chi connectivity index (χ2v) is 7.20. The number of nitrogens with one attached hydrogen (secondary N) is 1. The first-order valence-corrected chi connectivity index (χ1v) is 9.11. The van der Waals surface area contributed by atoms with Gasteiger partial charge in [-0.25, -0.2) is 9.67 Å². The van der Waals surface area contributed by atoms with Gasteiger partial charge in [-0.15, -0.1) is 0 Å². The molecule has 0 radical (unpaired) electrons. The number of thioether (sulfide) groups is 1. The molecule has 1 aliphatic heterocycles. The molecule has 7 nitrogen and oxygen atoms in total. The van der Waals surface area contributed by atoms with Crippen LogP contribution in [0.4, 0.5) is 0 Å². The molecule has 1 N–H and O–H groups in total. The highest BCUT2D eigenvalue weighted by Crippen LogP contribution is 2.31. The molecule has 0 saturated heterocycles. The Morgan fingerprint density at radius 3 is 2.56 bits per heavy atom. The minimum atomic E-state index is -0.381. The first-order valence-electron chi connectivity index (χ1n) is 8.29. The lowest BCUT2D eigenvalue weighted by Crippen LogP contribution is -2.01. The van der Waals surface area contributed by atoms with Crippen molar-refractivity contribution in [3.8, 4) is 17.2 Å². The van der Waals surface area contributed by atoms with Crippen molar-refractivity contribution in [1.29, 1.82) is 0 Å². The number of H-pyrrole nitrogens is 1. The molecule has 0 atom stereocenters. The summed E-state index contributed by atoms with van der Waals surface area (Å²) in [5.74, 6) is 0.608. The summed E-state index contributed by atoms with van der Waals surface area (Å²) >= 11 is 1.13. The molecule has 0 fully saturated rings. The van der Waals surface area contributed by atoms with Crippen LogP contribution in [0.5, 0.6) is 0 Å². The Hall–Kier alpha value is -3.26. The SMILES string of the molecule is Cc1cc(C)n(-c2nc(-c3ccccc3)c(C=C3C=CC(=[N+]([O-])[O-])S3)[nH]2)n1. The molecule has 0 bridgehead atoms. The molecule has 0 spiro atoms. The van der Waals surface area contributed by atoms with E-state index in [0.29, 0.717) is 5.95 Å². The van der Waals surface area contributed by atoms with Crippen LogP contribution in [0.25, 0.3) is 23.3 Å². The van der Waals surface area contributed by atoms with Crippen LogP contribution in [-0.4, -0.2) is 29.7 Å². The highest BCUT2D eigenvalue weighted by Gasteiger charge is 2.18. The third kappa shape index (κ3) is 3.39. The van der Waals surface area contributed by atoms with E-state index in [-0.39, 0.29) is 9.95 Å². The zero-order valence-electron chi connectivity index (χ0n) is 14.7. The van der Waals surface area contributed by atoms with E-state index in [9.17, 15) is 10.4 Å². The second-order valence-electron chi connectivity index (χ2n) is 6.11. The smallest absolute Gasteiger partial charge is 0.262 e. The molecule has 2 aromatic heterocycles. The minimum absolute atomic E-state index is 0.112. The van der Waals surface area contributed by atoms with Crippen molar-refractivity contribution < 1.29 is 4.90 Å². The van der Waals surface area contributed by atoms with Gasteiger partial charge < -0.3 is 15.4 Å². The average Bonchev–Trinajstić information content (AvgIpc) is 3.35. The van der Waals surface area contributed by atoms with Gasteiger partial charge in [-0.1, -0.05) is 30.3 Å². The van der Waals surface area contributed by atoms with Crippen LogP contribution in [-0.2, 0) is 0 Å². The van der Waals surface area contributed by atoms with E-state index in [2.05, 4.69) is 10.1 Å². The van der Waals surface area contributed by atoms with Gasteiger partial charge in [-0.05, 0) is 43.8 Å². The zero-order chi connectivity index (χ0) is 19.0. The summed E-state index contributed by atoms with van der Waals surface area (Å²) in [6.45, 7) is 3.90. The van der Waals surface area contributed by atoms with Crippen molar-refractivity contribution in [2.24, 2.45) is 0 Å². The van der Waals surface area contributed by atoms with E-state index in [1.54, 1.807) is 10.8 Å². The van der Waals surface area contributed by atoms with E-state index < -0.39 is 0 Å². The molecule has 1 aromatic carbocycles. The minimum Gasteiger partial charge on any atom is -0.612 e. The van der Waals surface area contributed by atoms with Crippen LogP contribution in [0.2, 0.25) is 0 Å². The van der Waals surface area contributed by atoms with E-state index in [1.165, 1.54) is 6.08 Å². The van der Waals surface area contributed by atoms with Crippen LogP contribution in [0.1, 0.15) is 17.1 Å². The van der Waals surface area contributed by atoms with Crippen molar-refractivity contribution in [2.45, 2.75) is 13.8 Å². The van der Waals surface area contributed by atoms with Crippen LogP contribution >= 0.6 is 11.8 Å². The van der Waals surface area contributed by atoms with Gasteiger partial charge in [-0.2, -0.15) is 10.0 Å². The molecule has 0 saturated carbocycles. The van der Waals surface area contributed by atoms with Crippen molar-refractivity contribution in [3.05, 3.63) is 81.0 Å². The molecule has 4 rings (SSSR count). The van der Waals surface area contributed by atoms with Crippen LogP contribution < -0.4 is 0 Å². The number of nitrogens with zero attached hydrogens (tertiary/aromatic N) is 4.